The molecule has 1 aliphatic rings. The molecule has 1 fully saturated rings. The van der Waals surface area contributed by atoms with E-state index in [1.54, 1.807) is 19.6 Å². The summed E-state index contributed by atoms with van der Waals surface area (Å²) in [6, 6.07) is 3.98. The topological polar surface area (TPSA) is 89.2 Å². The van der Waals surface area contributed by atoms with Crippen LogP contribution in [-0.2, 0) is 19.5 Å². The number of aliphatic imine (C=N–C) groups is 1. The first-order valence-corrected chi connectivity index (χ1v) is 9.72. The highest BCUT2D eigenvalue weighted by molar-refractivity contribution is 5.79. The lowest BCUT2D eigenvalue weighted by atomic mass is 10.2. The van der Waals surface area contributed by atoms with E-state index in [0.717, 1.165) is 55.6 Å². The van der Waals surface area contributed by atoms with Gasteiger partial charge in [0.15, 0.2) is 5.96 Å². The largest absolute Gasteiger partial charge is 0.474 e. The lowest BCUT2D eigenvalue weighted by Gasteiger charge is -2.17. The van der Waals surface area contributed by atoms with Gasteiger partial charge in [0.25, 0.3) is 0 Å². The molecule has 0 saturated heterocycles. The molecule has 0 aliphatic heterocycles. The predicted molar refractivity (Wildman–Crippen MR) is 105 cm³/mol. The monoisotopic (exact) mass is 371 g/mol. The maximum Gasteiger partial charge on any atom is 0.218 e. The quantitative estimate of drug-likeness (QED) is 0.544. The second-order valence-corrected chi connectivity index (χ2v) is 6.64. The fourth-order valence-electron chi connectivity index (χ4n) is 3.26. The van der Waals surface area contributed by atoms with Crippen molar-refractivity contribution in [2.24, 2.45) is 4.99 Å². The van der Waals surface area contributed by atoms with Gasteiger partial charge in [0.05, 0.1) is 0 Å². The second-order valence-electron chi connectivity index (χ2n) is 6.64. The minimum Gasteiger partial charge on any atom is -0.474 e. The molecule has 146 valence electrons. The molecule has 2 heterocycles. The Morgan fingerprint density at radius 3 is 2.96 bits per heavy atom. The SMILES string of the molecule is CCc1nncn1CCNC(=NC)NCc1cccnc1OC1CCCC1. The van der Waals surface area contributed by atoms with E-state index >= 15 is 0 Å². The maximum atomic E-state index is 6.10. The molecule has 0 atom stereocenters. The van der Waals surface area contributed by atoms with Gasteiger partial charge in [-0.3, -0.25) is 4.99 Å². The first kappa shape index (κ1) is 19.1. The number of nitrogens with zero attached hydrogens (tertiary/aromatic N) is 5. The zero-order valence-electron chi connectivity index (χ0n) is 16.2. The molecular formula is C19H29N7O. The van der Waals surface area contributed by atoms with Crippen LogP contribution in [0.1, 0.15) is 44.0 Å². The van der Waals surface area contributed by atoms with Gasteiger partial charge in [-0.25, -0.2) is 4.98 Å². The van der Waals surface area contributed by atoms with Gasteiger partial charge >= 0.3 is 0 Å². The Hall–Kier alpha value is -2.64. The average molecular weight is 371 g/mol. The molecule has 0 bridgehead atoms. The first-order chi connectivity index (χ1) is 13.3. The third kappa shape index (κ3) is 5.42. The molecule has 3 rings (SSSR count). The van der Waals surface area contributed by atoms with E-state index in [9.17, 15) is 0 Å². The maximum absolute atomic E-state index is 6.10. The molecule has 0 spiro atoms. The molecule has 8 nitrogen and oxygen atoms in total. The molecule has 0 radical (unpaired) electrons. The molecule has 2 aromatic heterocycles. The minimum absolute atomic E-state index is 0.299. The van der Waals surface area contributed by atoms with E-state index in [1.165, 1.54) is 12.8 Å². The molecule has 0 amide bonds. The van der Waals surface area contributed by atoms with Gasteiger partial charge in [-0.1, -0.05) is 13.0 Å². The normalized spacial score (nSPS) is 15.1. The third-order valence-electron chi connectivity index (χ3n) is 4.76. The van der Waals surface area contributed by atoms with Crippen molar-refractivity contribution in [2.45, 2.75) is 58.2 Å². The molecule has 0 aromatic carbocycles. The number of hydrogen-bond donors (Lipinski definition) is 2. The summed E-state index contributed by atoms with van der Waals surface area (Å²) in [6.45, 7) is 4.22. The van der Waals surface area contributed by atoms with E-state index in [-0.39, 0.29) is 0 Å². The fraction of sp³-hybridized carbons (Fsp3) is 0.579. The fourth-order valence-corrected chi connectivity index (χ4v) is 3.26. The minimum atomic E-state index is 0.299. The highest BCUT2D eigenvalue weighted by atomic mass is 16.5. The molecule has 0 unspecified atom stereocenters. The van der Waals surface area contributed by atoms with Gasteiger partial charge in [-0.05, 0) is 31.7 Å². The van der Waals surface area contributed by atoms with Crippen molar-refractivity contribution in [3.8, 4) is 5.88 Å². The number of nitrogens with one attached hydrogen (secondary N) is 2. The van der Waals surface area contributed by atoms with Gasteiger partial charge < -0.3 is 19.9 Å². The number of aromatic nitrogens is 4. The van der Waals surface area contributed by atoms with Crippen LogP contribution in [0.2, 0.25) is 0 Å². The van der Waals surface area contributed by atoms with Gasteiger partial charge in [-0.2, -0.15) is 0 Å². The van der Waals surface area contributed by atoms with E-state index in [1.807, 2.05) is 12.1 Å². The van der Waals surface area contributed by atoms with Crippen molar-refractivity contribution in [1.29, 1.82) is 0 Å². The number of aryl methyl sites for hydroxylation is 1. The first-order valence-electron chi connectivity index (χ1n) is 9.72. The van der Waals surface area contributed by atoms with Crippen LogP contribution in [0.4, 0.5) is 0 Å². The van der Waals surface area contributed by atoms with Crippen molar-refractivity contribution in [3.63, 3.8) is 0 Å². The highest BCUT2D eigenvalue weighted by Crippen LogP contribution is 2.24. The van der Waals surface area contributed by atoms with Crippen LogP contribution in [0.25, 0.3) is 0 Å². The van der Waals surface area contributed by atoms with Gasteiger partial charge in [-0.15, -0.1) is 10.2 Å². The summed E-state index contributed by atoms with van der Waals surface area (Å²) in [5, 5.41) is 14.7. The lowest BCUT2D eigenvalue weighted by molar-refractivity contribution is 0.199. The van der Waals surface area contributed by atoms with Crippen LogP contribution in [0, 0.1) is 0 Å². The van der Waals surface area contributed by atoms with E-state index in [0.29, 0.717) is 12.6 Å². The molecule has 27 heavy (non-hydrogen) atoms. The standard InChI is InChI=1S/C19H29N7O/c1-3-17-25-24-14-26(17)12-11-22-19(20-2)23-13-15-7-6-10-21-18(15)27-16-8-4-5-9-16/h6-7,10,14,16H,3-5,8-9,11-13H2,1-2H3,(H2,20,22,23). The van der Waals surface area contributed by atoms with Crippen molar-refractivity contribution >= 4 is 5.96 Å². The number of pyridine rings is 1. The Morgan fingerprint density at radius 2 is 2.19 bits per heavy atom. The number of ether oxygens (including phenoxy) is 1. The van der Waals surface area contributed by atoms with Crippen LogP contribution in [-0.4, -0.2) is 45.4 Å². The van der Waals surface area contributed by atoms with Crippen LogP contribution in [0.5, 0.6) is 5.88 Å². The molecule has 1 aliphatic carbocycles. The Bertz CT molecular complexity index is 737. The van der Waals surface area contributed by atoms with Crippen LogP contribution < -0.4 is 15.4 Å². The summed E-state index contributed by atoms with van der Waals surface area (Å²) in [6.07, 6.45) is 9.45. The van der Waals surface area contributed by atoms with Crippen molar-refractivity contribution in [1.82, 2.24) is 30.4 Å². The highest BCUT2D eigenvalue weighted by Gasteiger charge is 2.18. The zero-order chi connectivity index (χ0) is 18.9. The number of guanidine groups is 1. The van der Waals surface area contributed by atoms with Gasteiger partial charge in [0.1, 0.15) is 18.3 Å². The van der Waals surface area contributed by atoms with E-state index in [2.05, 4.69) is 42.3 Å². The molecular weight excluding hydrogens is 342 g/mol. The number of hydrogen-bond acceptors (Lipinski definition) is 5. The van der Waals surface area contributed by atoms with E-state index < -0.39 is 0 Å². The van der Waals surface area contributed by atoms with Crippen LogP contribution >= 0.6 is 0 Å². The smallest absolute Gasteiger partial charge is 0.218 e. The summed E-state index contributed by atoms with van der Waals surface area (Å²) < 4.78 is 8.15. The second kappa shape index (κ2) is 9.89. The van der Waals surface area contributed by atoms with Crippen LogP contribution in [0.15, 0.2) is 29.6 Å². The predicted octanol–water partition coefficient (Wildman–Crippen LogP) is 1.92. The van der Waals surface area contributed by atoms with Gasteiger partial charge in [0, 0.05) is 44.9 Å². The summed E-state index contributed by atoms with van der Waals surface area (Å²) >= 11 is 0. The Labute approximate surface area is 160 Å². The lowest BCUT2D eigenvalue weighted by Crippen LogP contribution is -2.38. The zero-order valence-corrected chi connectivity index (χ0v) is 16.2. The van der Waals surface area contributed by atoms with Gasteiger partial charge in [0.2, 0.25) is 5.88 Å². The number of rotatable bonds is 8. The molecule has 2 aromatic rings. The summed E-state index contributed by atoms with van der Waals surface area (Å²) in [7, 11) is 1.77. The molecule has 1 saturated carbocycles. The Balaban J connectivity index is 1.49. The third-order valence-corrected chi connectivity index (χ3v) is 4.76. The van der Waals surface area contributed by atoms with Crippen molar-refractivity contribution in [3.05, 3.63) is 36.0 Å². The van der Waals surface area contributed by atoms with Crippen molar-refractivity contribution in [2.75, 3.05) is 13.6 Å². The molecule has 8 heteroatoms. The summed E-state index contributed by atoms with van der Waals surface area (Å²) in [5.74, 6) is 2.46. The summed E-state index contributed by atoms with van der Waals surface area (Å²) in [5.41, 5.74) is 1.04. The molecule has 2 N–H and O–H groups in total. The Morgan fingerprint density at radius 1 is 1.33 bits per heavy atom. The van der Waals surface area contributed by atoms with Crippen LogP contribution in [0.3, 0.4) is 0 Å². The average Bonchev–Trinajstić information content (AvgIpc) is 3.37. The summed E-state index contributed by atoms with van der Waals surface area (Å²) in [4.78, 5) is 8.71. The van der Waals surface area contributed by atoms with E-state index in [4.69, 9.17) is 4.74 Å². The van der Waals surface area contributed by atoms with Crippen molar-refractivity contribution < 1.29 is 4.74 Å². The Kier molecular flexibility index (Phi) is 7.01.